The predicted octanol–water partition coefficient (Wildman–Crippen LogP) is 20.1. The van der Waals surface area contributed by atoms with Crippen molar-refractivity contribution in [1.29, 1.82) is 0 Å². The molecule has 0 saturated carbocycles. The van der Waals surface area contributed by atoms with Crippen LogP contribution in [-0.4, -0.2) is 180 Å². The van der Waals surface area contributed by atoms with E-state index in [-0.39, 0.29) is 88.4 Å². The summed E-state index contributed by atoms with van der Waals surface area (Å²) in [5.74, 6) is 2.53. The number of halogens is 3. The summed E-state index contributed by atoms with van der Waals surface area (Å²) in [6.07, 6.45) is 3.93. The number of benzene rings is 8. The van der Waals surface area contributed by atoms with Gasteiger partial charge in [-0.15, -0.1) is 35.6 Å². The standard InChI is InChI=1S/C24H28Cl2N2O2.C23H28N2O4.C23H26N2O3.C18H18N2O2.4CH4.ClH/c1-3-27(4-2)13-14-28-21-7-5-17(23(29)9-11-25)15-19(21)20-16-18(6-8-22(20)28)24(30)10-12-26;1-14(26)16-10-18-19-11-17(15(2)27)23(29-6)13-21(19)25(9-7-8-24(3)4)20(18)12-22(16)28-5;1-14(26)17-12-18-20(13-22(17)28-4)25(11-5-10-24(2)3)19-8-6-15-16(23(18)19)7-9-21(15)27;1-11(21)13-3-5-17-15(9-13)16-10-14(12(2)22)4-6-18(16)20(17)8-7-19;;;;;/h5-8,15-16H,3-4,9-14H2,1-2H3;10-13H,7-9H2,1-6H3;6,8,12-13H,5,7,9-11H2,1-4H3;3-6,9-10H,7-8,19H2,1-2H3;4*1H4;1H. The van der Waals surface area contributed by atoms with Crippen molar-refractivity contribution in [3.63, 3.8) is 0 Å². The molecule has 0 bridgehead atoms. The molecule has 0 radical (unpaired) electrons. The van der Waals surface area contributed by atoms with E-state index in [4.69, 9.17) is 43.1 Å². The molecule has 1 aliphatic carbocycles. The molecule has 0 fully saturated rings. The maximum Gasteiger partial charge on any atom is 0.164 e. The summed E-state index contributed by atoms with van der Waals surface area (Å²) in [6, 6.07) is 38.6. The van der Waals surface area contributed by atoms with Crippen molar-refractivity contribution in [3.8, 4) is 17.2 Å². The third-order valence-electron chi connectivity index (χ3n) is 20.7. The summed E-state index contributed by atoms with van der Waals surface area (Å²) in [7, 11) is 13.0. The lowest BCUT2D eigenvalue weighted by Gasteiger charge is -2.19. The van der Waals surface area contributed by atoms with Crippen LogP contribution in [0.25, 0.3) is 87.2 Å². The maximum absolute atomic E-state index is 12.4. The molecule has 0 spiro atoms. The average Bonchev–Trinajstić information content (AvgIpc) is 1.58. The second kappa shape index (κ2) is 42.2. The van der Waals surface area contributed by atoms with E-state index in [0.29, 0.717) is 100 Å². The number of carbonyl (C=O) groups is 8. The van der Waals surface area contributed by atoms with E-state index in [1.807, 2.05) is 115 Å². The smallest absolute Gasteiger partial charge is 0.164 e. The molecular formula is C92H117Cl3N8O11. The number of fused-ring (bicyclic) bond motifs is 14. The zero-order valence-corrected chi connectivity index (χ0v) is 68.0. The number of rotatable bonds is 29. The number of ketones is 8. The van der Waals surface area contributed by atoms with Crippen LogP contribution in [0.4, 0.5) is 0 Å². The molecule has 0 amide bonds. The molecular weight excluding hydrogens is 1500 g/mol. The Bertz CT molecular complexity index is 5300. The summed E-state index contributed by atoms with van der Waals surface area (Å²) in [5.41, 5.74) is 20.3. The second-order valence-electron chi connectivity index (χ2n) is 28.3. The number of nitrogens with zero attached hydrogens (tertiary/aromatic N) is 7. The largest absolute Gasteiger partial charge is 0.496 e. The number of likely N-dealkylation sites (N-methyl/N-ethyl adjacent to an activating group) is 1. The minimum atomic E-state index is -0.0578. The highest BCUT2D eigenvalue weighted by atomic mass is 35.5. The maximum atomic E-state index is 12.4. The molecule has 612 valence electrons. The lowest BCUT2D eigenvalue weighted by molar-refractivity contribution is 0.0981. The van der Waals surface area contributed by atoms with Gasteiger partial charge in [0, 0.05) is 187 Å². The van der Waals surface area contributed by atoms with Gasteiger partial charge in [-0.25, -0.2) is 0 Å². The van der Waals surface area contributed by atoms with Crippen LogP contribution in [-0.2, 0) is 32.6 Å². The van der Waals surface area contributed by atoms with Gasteiger partial charge in [0.2, 0.25) is 0 Å². The van der Waals surface area contributed by atoms with Crippen molar-refractivity contribution in [1.82, 2.24) is 33.0 Å². The molecule has 0 aliphatic heterocycles. The first-order valence-electron chi connectivity index (χ1n) is 37.2. The van der Waals surface area contributed by atoms with Gasteiger partial charge in [-0.3, -0.25) is 38.4 Å². The molecule has 8 aromatic carbocycles. The van der Waals surface area contributed by atoms with Crippen LogP contribution in [0.1, 0.15) is 199 Å². The summed E-state index contributed by atoms with van der Waals surface area (Å²) in [5, 5.41) is 7.97. The molecule has 4 heterocycles. The van der Waals surface area contributed by atoms with E-state index in [1.165, 1.54) is 13.8 Å². The van der Waals surface area contributed by atoms with Gasteiger partial charge in [0.05, 0.1) is 54.6 Å². The van der Waals surface area contributed by atoms with Crippen molar-refractivity contribution in [2.75, 3.05) is 101 Å². The zero-order valence-electron chi connectivity index (χ0n) is 65.6. The molecule has 12 aromatic rings. The van der Waals surface area contributed by atoms with Gasteiger partial charge < -0.3 is 52.9 Å². The molecule has 0 saturated heterocycles. The highest BCUT2D eigenvalue weighted by Gasteiger charge is 2.28. The number of aromatic nitrogens is 4. The second-order valence-corrected chi connectivity index (χ2v) is 29.0. The molecule has 0 atom stereocenters. The highest BCUT2D eigenvalue weighted by Crippen LogP contribution is 2.42. The van der Waals surface area contributed by atoms with Crippen LogP contribution in [0, 0.1) is 0 Å². The van der Waals surface area contributed by atoms with Crippen LogP contribution < -0.4 is 19.9 Å². The Morgan fingerprint density at radius 1 is 0.412 bits per heavy atom. The highest BCUT2D eigenvalue weighted by molar-refractivity contribution is 6.22. The number of Topliss-reactive ketones (excluding diaryl/α,β-unsaturated/α-hetero) is 8. The number of hydrogen-bond donors (Lipinski definition) is 1. The third kappa shape index (κ3) is 20.2. The summed E-state index contributed by atoms with van der Waals surface area (Å²) in [6.45, 7) is 20.7. The first-order chi connectivity index (χ1) is 52.3. The number of carbonyl (C=O) groups excluding carboxylic acids is 8. The predicted molar refractivity (Wildman–Crippen MR) is 477 cm³/mol. The van der Waals surface area contributed by atoms with Crippen molar-refractivity contribution in [2.24, 2.45) is 5.73 Å². The Hall–Kier alpha value is -9.57. The van der Waals surface area contributed by atoms with Crippen LogP contribution in [0.5, 0.6) is 17.2 Å². The molecule has 1 aliphatic rings. The SMILES string of the molecule is C.C.C.C.CC(=O)c1ccc2c(c1)c1cc(C(C)=O)ccc1n2CCN.CCN(CC)CCn1c2ccc(C(=O)CCCl)cc2c2cc(C(=O)CCCl)ccc21.COc1cc2c(cc1C(C)=O)c1c3c(ccc1n2CCCN(C)C)C(=O)CC3.COc1cc2c(cc1C(C)=O)c1cc(C(C)=O)c(OC)cc1n2CCCN(C)C.Cl. The normalized spacial score (nSPS) is 11.5. The van der Waals surface area contributed by atoms with Crippen LogP contribution in [0.2, 0.25) is 0 Å². The van der Waals surface area contributed by atoms with E-state index in [1.54, 1.807) is 42.1 Å². The monoisotopic (exact) mass is 1610 g/mol. The van der Waals surface area contributed by atoms with Crippen molar-refractivity contribution < 1.29 is 52.6 Å². The summed E-state index contributed by atoms with van der Waals surface area (Å²) < 4.78 is 25.5. The first kappa shape index (κ1) is 95.0. The minimum Gasteiger partial charge on any atom is -0.496 e. The topological polar surface area (TPSA) is 220 Å². The number of alkyl halides is 2. The lowest BCUT2D eigenvalue weighted by atomic mass is 10.0. The molecule has 19 nitrogen and oxygen atoms in total. The average molecular weight is 1620 g/mol. The van der Waals surface area contributed by atoms with Gasteiger partial charge in [-0.05, 0) is 217 Å². The van der Waals surface area contributed by atoms with E-state index in [9.17, 15) is 38.4 Å². The fourth-order valence-electron chi connectivity index (χ4n) is 15.1. The Kier molecular flexibility index (Phi) is 35.1. The van der Waals surface area contributed by atoms with Gasteiger partial charge in [0.25, 0.3) is 0 Å². The Labute approximate surface area is 688 Å². The van der Waals surface area contributed by atoms with E-state index < -0.39 is 0 Å². The fraction of sp³-hybridized carbons (Fsp3) is 0.391. The van der Waals surface area contributed by atoms with Crippen LogP contribution in [0.15, 0.2) is 121 Å². The summed E-state index contributed by atoms with van der Waals surface area (Å²) in [4.78, 5) is 104. The van der Waals surface area contributed by atoms with Crippen molar-refractivity contribution in [2.45, 2.75) is 143 Å². The van der Waals surface area contributed by atoms with Crippen LogP contribution in [0.3, 0.4) is 0 Å². The molecule has 2 N–H and O–H groups in total. The van der Waals surface area contributed by atoms with E-state index >= 15 is 0 Å². The van der Waals surface area contributed by atoms with Gasteiger partial charge in [0.15, 0.2) is 46.3 Å². The Morgan fingerprint density at radius 3 is 1.10 bits per heavy atom. The van der Waals surface area contributed by atoms with Gasteiger partial charge >= 0.3 is 0 Å². The van der Waals surface area contributed by atoms with Crippen molar-refractivity contribution >= 4 is 169 Å². The number of aryl methyl sites for hydroxylation is 3. The summed E-state index contributed by atoms with van der Waals surface area (Å²) >= 11 is 11.5. The zero-order chi connectivity index (χ0) is 78.8. The number of methoxy groups -OCH3 is 3. The minimum absolute atomic E-state index is 0. The lowest BCUT2D eigenvalue weighted by Crippen LogP contribution is -2.26. The molecule has 0 unspecified atom stereocenters. The molecule has 114 heavy (non-hydrogen) atoms. The van der Waals surface area contributed by atoms with Gasteiger partial charge in [0.1, 0.15) is 17.2 Å². The van der Waals surface area contributed by atoms with Gasteiger partial charge in [-0.1, -0.05) is 43.6 Å². The molecule has 4 aromatic heterocycles. The van der Waals surface area contributed by atoms with E-state index in [0.717, 1.165) is 170 Å². The molecule has 22 heteroatoms. The van der Waals surface area contributed by atoms with E-state index in [2.05, 4.69) is 81.1 Å². The van der Waals surface area contributed by atoms with Crippen LogP contribution >= 0.6 is 35.6 Å². The number of hydrogen-bond acceptors (Lipinski definition) is 15. The van der Waals surface area contributed by atoms with Gasteiger partial charge in [-0.2, -0.15) is 0 Å². The quantitative estimate of drug-likeness (QED) is 0.0340. The number of ether oxygens (including phenoxy) is 3. The fourth-order valence-corrected chi connectivity index (χ4v) is 15.4. The van der Waals surface area contributed by atoms with Crippen molar-refractivity contribution in [3.05, 3.63) is 171 Å². The first-order valence-corrected chi connectivity index (χ1v) is 38.3. The molecule has 13 rings (SSSR count). The Morgan fingerprint density at radius 2 is 0.746 bits per heavy atom. The Balaban J connectivity index is 0.000000269. The number of nitrogens with two attached hydrogens (primary N) is 1. The third-order valence-corrected chi connectivity index (χ3v) is 21.1.